The van der Waals surface area contributed by atoms with E-state index in [1.807, 2.05) is 56.2 Å². The molecule has 10 nitrogen and oxygen atoms in total. The molecule has 0 fully saturated rings. The van der Waals surface area contributed by atoms with Gasteiger partial charge in [-0.2, -0.15) is 0 Å². The van der Waals surface area contributed by atoms with E-state index in [1.165, 1.54) is 0 Å². The van der Waals surface area contributed by atoms with E-state index in [-0.39, 0.29) is 22.8 Å². The molecule has 0 saturated carbocycles. The third kappa shape index (κ3) is 6.51. The number of sulfonamides is 1. The van der Waals surface area contributed by atoms with Gasteiger partial charge in [0.05, 0.1) is 33.7 Å². The second kappa shape index (κ2) is 11.6. The van der Waals surface area contributed by atoms with Crippen molar-refractivity contribution >= 4 is 55.7 Å². The fourth-order valence-electron chi connectivity index (χ4n) is 4.04. The van der Waals surface area contributed by atoms with Gasteiger partial charge in [0, 0.05) is 11.8 Å². The Morgan fingerprint density at radius 3 is 2.15 bits per heavy atom. The van der Waals surface area contributed by atoms with Crippen LogP contribution in [-0.4, -0.2) is 69.8 Å². The van der Waals surface area contributed by atoms with Crippen molar-refractivity contribution in [3.05, 3.63) is 71.2 Å². The van der Waals surface area contributed by atoms with Gasteiger partial charge in [0.15, 0.2) is 11.6 Å². The van der Waals surface area contributed by atoms with E-state index in [2.05, 4.69) is 25.3 Å². The average Bonchev–Trinajstić information content (AvgIpc) is 2.89. The molecule has 0 aliphatic rings. The van der Waals surface area contributed by atoms with Gasteiger partial charge in [-0.25, -0.2) is 18.4 Å². The topological polar surface area (TPSA) is 112 Å². The summed E-state index contributed by atoms with van der Waals surface area (Å²) in [6.07, 6.45) is -0.147. The third-order valence-corrected chi connectivity index (χ3v) is 7.79. The first-order chi connectivity index (χ1) is 18.5. The number of aromatic nitrogens is 2. The molecular weight excluding hydrogens is 538 g/mol. The van der Waals surface area contributed by atoms with E-state index in [0.29, 0.717) is 38.7 Å². The lowest BCUT2D eigenvalue weighted by Gasteiger charge is -2.32. The predicted molar refractivity (Wildman–Crippen MR) is 158 cm³/mol. The quantitative estimate of drug-likeness (QED) is 0.228. The fourth-order valence-corrected chi connectivity index (χ4v) is 5.49. The van der Waals surface area contributed by atoms with Crippen LogP contribution >= 0.6 is 11.6 Å². The van der Waals surface area contributed by atoms with E-state index in [4.69, 9.17) is 16.3 Å². The maximum Gasteiger partial charge on any atom is 0.263 e. The Morgan fingerprint density at radius 1 is 0.897 bits per heavy atom. The van der Waals surface area contributed by atoms with Gasteiger partial charge < -0.3 is 15.4 Å². The summed E-state index contributed by atoms with van der Waals surface area (Å²) in [7, 11) is 5.23. The summed E-state index contributed by atoms with van der Waals surface area (Å²) in [5.41, 5.74) is 2.84. The minimum atomic E-state index is -4.07. The van der Waals surface area contributed by atoms with Crippen LogP contribution in [0, 0.1) is 6.92 Å². The molecule has 0 spiro atoms. The van der Waals surface area contributed by atoms with Crippen molar-refractivity contribution in [2.24, 2.45) is 0 Å². The molecule has 0 saturated heterocycles. The Hall–Kier alpha value is -3.64. The minimum absolute atomic E-state index is 0.0322. The van der Waals surface area contributed by atoms with Crippen molar-refractivity contribution < 1.29 is 13.2 Å². The van der Waals surface area contributed by atoms with Crippen LogP contribution in [-0.2, 0) is 10.0 Å². The van der Waals surface area contributed by atoms with Crippen molar-refractivity contribution in [3.63, 3.8) is 0 Å². The zero-order valence-corrected chi connectivity index (χ0v) is 24.2. The lowest BCUT2D eigenvalue weighted by molar-refractivity contribution is 0.155. The van der Waals surface area contributed by atoms with Crippen molar-refractivity contribution in [2.45, 2.75) is 18.1 Å². The number of halogens is 1. The van der Waals surface area contributed by atoms with Gasteiger partial charge in [-0.1, -0.05) is 29.8 Å². The molecule has 0 radical (unpaired) electrons. The Morgan fingerprint density at radius 2 is 1.54 bits per heavy atom. The van der Waals surface area contributed by atoms with Crippen LogP contribution < -0.4 is 20.1 Å². The van der Waals surface area contributed by atoms with E-state index in [9.17, 15) is 8.42 Å². The number of nitrogens with one attached hydrogen (secondary N) is 3. The van der Waals surface area contributed by atoms with Crippen molar-refractivity contribution in [3.8, 4) is 5.75 Å². The molecule has 0 amide bonds. The van der Waals surface area contributed by atoms with Gasteiger partial charge >= 0.3 is 0 Å². The monoisotopic (exact) mass is 569 g/mol. The number of anilines is 4. The van der Waals surface area contributed by atoms with Crippen LogP contribution in [0.3, 0.4) is 0 Å². The third-order valence-electron chi connectivity index (χ3n) is 5.98. The largest absolute Gasteiger partial charge is 0.497 e. The molecule has 3 N–H and O–H groups in total. The molecular formula is C27H32ClN7O3S. The summed E-state index contributed by atoms with van der Waals surface area (Å²) in [6, 6.07) is 17.5. The Kier molecular flexibility index (Phi) is 8.45. The lowest BCUT2D eigenvalue weighted by Crippen LogP contribution is -2.46. The second-order valence-electron chi connectivity index (χ2n) is 9.41. The van der Waals surface area contributed by atoms with Gasteiger partial charge in [0.2, 0.25) is 0 Å². The van der Waals surface area contributed by atoms with Crippen LogP contribution in [0.5, 0.6) is 5.75 Å². The normalized spacial score (nSPS) is 11.8. The lowest BCUT2D eigenvalue weighted by atomic mass is 10.2. The number of hydrogen-bond acceptors (Lipinski definition) is 9. The van der Waals surface area contributed by atoms with Gasteiger partial charge in [0.1, 0.15) is 12.0 Å². The number of para-hydroxylation sites is 2. The molecule has 39 heavy (non-hydrogen) atoms. The predicted octanol–water partition coefficient (Wildman–Crippen LogP) is 4.96. The summed E-state index contributed by atoms with van der Waals surface area (Å²) in [6.45, 7) is 1.75. The smallest absolute Gasteiger partial charge is 0.263 e. The Labute approximate surface area is 234 Å². The zero-order valence-electron chi connectivity index (χ0n) is 22.7. The van der Waals surface area contributed by atoms with Gasteiger partial charge in [0.25, 0.3) is 10.0 Å². The highest BCUT2D eigenvalue weighted by Crippen LogP contribution is 2.33. The second-order valence-corrected chi connectivity index (χ2v) is 11.5. The standard InChI is InChI=1S/C27H32ClN7O3S/c1-17-11-12-18(29-27(34(2)3)35(4)5)15-24(17)39(36,37)33-26-25(30-21-9-7-8-10-22(21)31-26)32-23-16-19(38-6)13-14-20(23)28/h7-16,27,29H,1-6H3,(H,30,32)(H,31,33). The first kappa shape index (κ1) is 28.4. The van der Waals surface area contributed by atoms with Gasteiger partial charge in [-0.3, -0.25) is 14.5 Å². The van der Waals surface area contributed by atoms with Crippen LogP contribution in [0.15, 0.2) is 65.6 Å². The number of hydrogen-bond donors (Lipinski definition) is 3. The first-order valence-electron chi connectivity index (χ1n) is 12.1. The Bertz CT molecular complexity index is 1590. The molecule has 12 heteroatoms. The van der Waals surface area contributed by atoms with E-state index >= 15 is 0 Å². The van der Waals surface area contributed by atoms with Crippen LogP contribution in [0.4, 0.5) is 23.0 Å². The summed E-state index contributed by atoms with van der Waals surface area (Å²) < 4.78 is 35.4. The van der Waals surface area contributed by atoms with Crippen molar-refractivity contribution in [1.82, 2.24) is 19.8 Å². The summed E-state index contributed by atoms with van der Waals surface area (Å²) in [5.74, 6) is 0.802. The molecule has 3 aromatic carbocycles. The molecule has 206 valence electrons. The minimum Gasteiger partial charge on any atom is -0.497 e. The fraction of sp³-hybridized carbons (Fsp3) is 0.259. The highest BCUT2D eigenvalue weighted by molar-refractivity contribution is 7.92. The SMILES string of the molecule is COc1ccc(Cl)c(Nc2nc3ccccc3nc2NS(=O)(=O)c2cc(NC(N(C)C)N(C)C)ccc2C)c1. The number of benzene rings is 3. The number of aryl methyl sites for hydroxylation is 1. The summed E-state index contributed by atoms with van der Waals surface area (Å²) in [5, 5.41) is 6.89. The molecule has 0 bridgehead atoms. The van der Waals surface area contributed by atoms with Crippen LogP contribution in [0.25, 0.3) is 11.0 Å². The number of fused-ring (bicyclic) bond motifs is 1. The molecule has 1 aromatic heterocycles. The van der Waals surface area contributed by atoms with E-state index in [0.717, 1.165) is 0 Å². The van der Waals surface area contributed by atoms with Crippen LogP contribution in [0.2, 0.25) is 5.02 Å². The molecule has 4 rings (SSSR count). The summed E-state index contributed by atoms with van der Waals surface area (Å²) in [4.78, 5) is 13.3. The number of nitrogens with zero attached hydrogens (tertiary/aromatic N) is 4. The molecule has 0 unspecified atom stereocenters. The van der Waals surface area contributed by atoms with Gasteiger partial charge in [-0.15, -0.1) is 0 Å². The highest BCUT2D eigenvalue weighted by Gasteiger charge is 2.23. The zero-order chi connectivity index (χ0) is 28.3. The molecule has 4 aromatic rings. The van der Waals surface area contributed by atoms with Gasteiger partial charge in [-0.05, 0) is 77.1 Å². The summed E-state index contributed by atoms with van der Waals surface area (Å²) >= 11 is 6.41. The van der Waals surface area contributed by atoms with Crippen LogP contribution in [0.1, 0.15) is 5.56 Å². The maximum atomic E-state index is 13.7. The maximum absolute atomic E-state index is 13.7. The number of ether oxygens (including phenoxy) is 1. The van der Waals surface area contributed by atoms with Crippen molar-refractivity contribution in [2.75, 3.05) is 50.7 Å². The van der Waals surface area contributed by atoms with E-state index in [1.54, 1.807) is 56.5 Å². The first-order valence-corrected chi connectivity index (χ1v) is 13.9. The molecule has 1 heterocycles. The Balaban J connectivity index is 1.75. The molecule has 0 aliphatic carbocycles. The van der Waals surface area contributed by atoms with Crippen molar-refractivity contribution in [1.29, 1.82) is 0 Å². The highest BCUT2D eigenvalue weighted by atomic mass is 35.5. The average molecular weight is 570 g/mol. The number of methoxy groups -OCH3 is 1. The molecule has 0 aliphatic heterocycles. The molecule has 0 atom stereocenters. The van der Waals surface area contributed by atoms with E-state index < -0.39 is 10.0 Å². The number of rotatable bonds is 10.